The lowest BCUT2D eigenvalue weighted by Gasteiger charge is -2.39. The van der Waals surface area contributed by atoms with Gasteiger partial charge in [0.05, 0.1) is 18.8 Å². The van der Waals surface area contributed by atoms with Gasteiger partial charge < -0.3 is 24.8 Å². The summed E-state index contributed by atoms with van der Waals surface area (Å²) in [6.45, 7) is 1.97. The van der Waals surface area contributed by atoms with Crippen LogP contribution >= 0.6 is 0 Å². The van der Waals surface area contributed by atoms with E-state index in [1.807, 2.05) is 0 Å². The van der Waals surface area contributed by atoms with E-state index in [0.717, 1.165) is 31.5 Å². The van der Waals surface area contributed by atoms with Crippen LogP contribution < -0.4 is 24.8 Å². The molecule has 10 nitrogen and oxygen atoms in total. The van der Waals surface area contributed by atoms with Crippen LogP contribution in [0.4, 0.5) is 10.2 Å². The van der Waals surface area contributed by atoms with Gasteiger partial charge in [-0.2, -0.15) is 0 Å². The first-order valence-electron chi connectivity index (χ1n) is 12.3. The molecule has 192 valence electrons. The van der Waals surface area contributed by atoms with E-state index in [4.69, 9.17) is 14.2 Å². The molecule has 1 atom stereocenters. The summed E-state index contributed by atoms with van der Waals surface area (Å²) in [4.78, 5) is 35.3. The maximum atomic E-state index is 15.1. The highest BCUT2D eigenvalue weighted by molar-refractivity contribution is 5.97. The van der Waals surface area contributed by atoms with Crippen molar-refractivity contribution in [2.75, 3.05) is 38.7 Å². The predicted molar refractivity (Wildman–Crippen MR) is 132 cm³/mol. The number of nitrogens with zero attached hydrogens (tertiary/aromatic N) is 3. The zero-order valence-corrected chi connectivity index (χ0v) is 20.3. The highest BCUT2D eigenvalue weighted by Crippen LogP contribution is 2.36. The zero-order chi connectivity index (χ0) is 25.5. The quantitative estimate of drug-likeness (QED) is 0.553. The number of hydrogen-bond acceptors (Lipinski definition) is 8. The van der Waals surface area contributed by atoms with E-state index in [9.17, 15) is 9.59 Å². The van der Waals surface area contributed by atoms with Crippen molar-refractivity contribution in [3.63, 3.8) is 0 Å². The molecule has 0 radical (unpaired) electrons. The molecule has 1 aromatic carbocycles. The van der Waals surface area contributed by atoms with E-state index >= 15 is 4.39 Å². The molecule has 11 heteroatoms. The zero-order valence-electron chi connectivity index (χ0n) is 20.3. The van der Waals surface area contributed by atoms with Gasteiger partial charge >= 0.3 is 0 Å². The Morgan fingerprint density at radius 1 is 1.19 bits per heavy atom. The molecule has 3 aliphatic heterocycles. The van der Waals surface area contributed by atoms with Crippen LogP contribution in [0.2, 0.25) is 0 Å². The second-order valence-electron chi connectivity index (χ2n) is 9.41. The summed E-state index contributed by atoms with van der Waals surface area (Å²) >= 11 is 0. The van der Waals surface area contributed by atoms with Gasteiger partial charge in [-0.15, -0.1) is 0 Å². The van der Waals surface area contributed by atoms with E-state index in [2.05, 4.69) is 25.5 Å². The Morgan fingerprint density at radius 3 is 2.84 bits per heavy atom. The van der Waals surface area contributed by atoms with Gasteiger partial charge in [-0.05, 0) is 43.5 Å². The van der Waals surface area contributed by atoms with Crippen LogP contribution in [0.5, 0.6) is 17.2 Å². The van der Waals surface area contributed by atoms with Crippen LogP contribution in [0.3, 0.4) is 0 Å². The fraction of sp³-hybridized carbons (Fsp3) is 0.385. The number of carbonyl (C=O) groups is 2. The molecule has 0 spiro atoms. The number of anilines is 1. The highest BCUT2D eigenvalue weighted by atomic mass is 19.1. The first kappa shape index (κ1) is 23.4. The van der Waals surface area contributed by atoms with Crippen molar-refractivity contribution in [3.05, 3.63) is 47.5 Å². The largest absolute Gasteiger partial charge is 0.494 e. The number of halogens is 1. The van der Waals surface area contributed by atoms with Gasteiger partial charge in [-0.1, -0.05) is 0 Å². The average molecular weight is 508 g/mol. The van der Waals surface area contributed by atoms with Crippen molar-refractivity contribution in [2.45, 2.75) is 31.3 Å². The van der Waals surface area contributed by atoms with Gasteiger partial charge in [0.25, 0.3) is 11.8 Å². The minimum atomic E-state index is -0.420. The number of benzene rings is 1. The number of piperidine rings is 1. The molecule has 0 bridgehead atoms. The average Bonchev–Trinajstić information content (AvgIpc) is 2.92. The van der Waals surface area contributed by atoms with Gasteiger partial charge in [0.2, 0.25) is 0 Å². The van der Waals surface area contributed by atoms with E-state index in [1.165, 1.54) is 7.11 Å². The van der Waals surface area contributed by atoms with Gasteiger partial charge in [-0.25, -0.2) is 9.37 Å². The molecule has 1 saturated heterocycles. The third-order valence-corrected chi connectivity index (χ3v) is 7.18. The summed E-state index contributed by atoms with van der Waals surface area (Å²) in [5, 5.41) is 6.12. The number of amides is 2. The Hall–Kier alpha value is -3.99. The molecule has 3 aliphatic rings. The summed E-state index contributed by atoms with van der Waals surface area (Å²) in [6.07, 6.45) is 3.83. The number of rotatable bonds is 4. The maximum absolute atomic E-state index is 15.1. The molecule has 0 aliphatic carbocycles. The van der Waals surface area contributed by atoms with Gasteiger partial charge in [0.15, 0.2) is 29.7 Å². The van der Waals surface area contributed by atoms with Crippen LogP contribution in [-0.2, 0) is 11.2 Å². The number of ether oxygens (including phenoxy) is 3. The normalized spacial score (nSPS) is 19.7. The van der Waals surface area contributed by atoms with Crippen LogP contribution in [0.15, 0.2) is 30.5 Å². The third-order valence-electron chi connectivity index (χ3n) is 7.18. The van der Waals surface area contributed by atoms with Crippen molar-refractivity contribution in [1.29, 1.82) is 0 Å². The summed E-state index contributed by atoms with van der Waals surface area (Å²) in [7, 11) is 1.45. The number of carbonyl (C=O) groups excluding carboxylic acids is 2. The van der Waals surface area contributed by atoms with E-state index in [1.54, 1.807) is 30.5 Å². The molecule has 0 saturated carbocycles. The predicted octanol–water partition coefficient (Wildman–Crippen LogP) is 2.31. The van der Waals surface area contributed by atoms with Gasteiger partial charge in [0, 0.05) is 36.1 Å². The Bertz CT molecular complexity index is 1390. The summed E-state index contributed by atoms with van der Waals surface area (Å²) < 4.78 is 31.6. The van der Waals surface area contributed by atoms with Crippen molar-refractivity contribution < 1.29 is 28.2 Å². The first-order valence-corrected chi connectivity index (χ1v) is 12.3. The summed E-state index contributed by atoms with van der Waals surface area (Å²) in [5.74, 6) is 0.485. The number of pyridine rings is 2. The van der Waals surface area contributed by atoms with E-state index in [0.29, 0.717) is 35.4 Å². The second kappa shape index (κ2) is 9.47. The lowest BCUT2D eigenvalue weighted by Crippen LogP contribution is -2.51. The van der Waals surface area contributed by atoms with Crippen molar-refractivity contribution in [3.8, 4) is 17.2 Å². The SMILES string of the molecule is COc1ccc2ncc3c(c2c1F)CC(N1CCC(NC(=O)c2ccc4c(n2)NC(=O)CO4)CC1)CO3. The number of aromatic nitrogens is 2. The molecule has 2 aromatic heterocycles. The van der Waals surface area contributed by atoms with Crippen LogP contribution in [0, 0.1) is 5.82 Å². The molecule has 1 fully saturated rings. The van der Waals surface area contributed by atoms with Crippen molar-refractivity contribution in [1.82, 2.24) is 20.2 Å². The number of hydrogen-bond donors (Lipinski definition) is 2. The summed E-state index contributed by atoms with van der Waals surface area (Å²) in [5.41, 5.74) is 1.61. The van der Waals surface area contributed by atoms with E-state index in [-0.39, 0.29) is 47.8 Å². The molecular formula is C26H26FN5O5. The van der Waals surface area contributed by atoms with Crippen molar-refractivity contribution >= 4 is 28.5 Å². The lowest BCUT2D eigenvalue weighted by atomic mass is 9.95. The molecule has 37 heavy (non-hydrogen) atoms. The second-order valence-corrected chi connectivity index (χ2v) is 9.41. The van der Waals surface area contributed by atoms with Crippen LogP contribution in [0.25, 0.3) is 10.9 Å². The fourth-order valence-electron chi connectivity index (χ4n) is 5.23. The number of nitrogens with one attached hydrogen (secondary N) is 2. The minimum Gasteiger partial charge on any atom is -0.494 e. The fourth-order valence-corrected chi connectivity index (χ4v) is 5.23. The molecule has 1 unspecified atom stereocenters. The molecule has 3 aromatic rings. The Balaban J connectivity index is 1.10. The smallest absolute Gasteiger partial charge is 0.270 e. The Labute approximate surface area is 212 Å². The highest BCUT2D eigenvalue weighted by Gasteiger charge is 2.32. The monoisotopic (exact) mass is 507 g/mol. The lowest BCUT2D eigenvalue weighted by molar-refractivity contribution is -0.118. The van der Waals surface area contributed by atoms with Crippen LogP contribution in [0.1, 0.15) is 28.9 Å². The molecular weight excluding hydrogens is 481 g/mol. The first-order chi connectivity index (χ1) is 18.0. The summed E-state index contributed by atoms with van der Waals surface area (Å²) in [6, 6.07) is 6.65. The number of fused-ring (bicyclic) bond motifs is 4. The maximum Gasteiger partial charge on any atom is 0.270 e. The van der Waals surface area contributed by atoms with Gasteiger partial charge in [0.1, 0.15) is 18.1 Å². The standard InChI is InChI=1S/C26H26FN5O5/c1-35-19-4-2-17-23(24(19)27)16-10-15(12-36-21(16)11-28-17)32-8-6-14(7-9-32)29-26(34)18-3-5-20-25(30-18)31-22(33)13-37-20/h2-5,11,14-15H,6-10,12-13H2,1H3,(H,29,34)(H,30,31,33). The molecule has 6 rings (SSSR count). The minimum absolute atomic E-state index is 0.00375. The third kappa shape index (κ3) is 4.39. The van der Waals surface area contributed by atoms with Crippen LogP contribution in [-0.4, -0.2) is 72.2 Å². The van der Waals surface area contributed by atoms with E-state index < -0.39 is 5.82 Å². The Morgan fingerprint density at radius 2 is 2.03 bits per heavy atom. The van der Waals surface area contributed by atoms with Crippen molar-refractivity contribution in [2.24, 2.45) is 0 Å². The number of methoxy groups -OCH3 is 1. The Kier molecular flexibility index (Phi) is 5.99. The topological polar surface area (TPSA) is 115 Å². The number of likely N-dealkylation sites (tertiary alicyclic amines) is 1. The van der Waals surface area contributed by atoms with Gasteiger partial charge in [-0.3, -0.25) is 19.5 Å². The molecule has 2 N–H and O–H groups in total. The molecule has 2 amide bonds. The molecule has 5 heterocycles.